The Bertz CT molecular complexity index is 1030. The molecule has 0 aromatic carbocycles. The summed E-state index contributed by atoms with van der Waals surface area (Å²) >= 11 is 0. The number of piperazine rings is 2. The van der Waals surface area contributed by atoms with Gasteiger partial charge in [0.05, 0.1) is 30.2 Å². The third-order valence-electron chi connectivity index (χ3n) is 10.2. The molecular weight excluding hydrogens is 576 g/mol. The highest BCUT2D eigenvalue weighted by molar-refractivity contribution is 5.32. The topological polar surface area (TPSA) is 66.4 Å². The van der Waals surface area contributed by atoms with Crippen LogP contribution in [0, 0.1) is 5.92 Å². The molecule has 0 spiro atoms. The van der Waals surface area contributed by atoms with Crippen LogP contribution in [0.25, 0.3) is 0 Å². The van der Waals surface area contributed by atoms with Gasteiger partial charge >= 0.3 is 0 Å². The van der Waals surface area contributed by atoms with E-state index in [-0.39, 0.29) is 16.8 Å². The molecule has 2 unspecified atom stereocenters. The van der Waals surface area contributed by atoms with Crippen molar-refractivity contribution in [3.8, 4) is 5.75 Å². The van der Waals surface area contributed by atoms with Crippen LogP contribution in [0.3, 0.4) is 0 Å². The van der Waals surface area contributed by atoms with Gasteiger partial charge in [-0.25, -0.2) is 9.97 Å². The molecule has 3 fully saturated rings. The van der Waals surface area contributed by atoms with Crippen molar-refractivity contribution < 1.29 is 14.2 Å². The van der Waals surface area contributed by atoms with E-state index >= 15 is 0 Å². The Kier molecular flexibility index (Phi) is 12.8. The number of nitrogens with zero attached hydrogens (tertiary/aromatic N) is 6. The highest BCUT2D eigenvalue weighted by atomic mass is 16.5. The molecule has 1 aliphatic carbocycles. The average molecular weight is 645 g/mol. The molecule has 264 valence electrons. The number of ether oxygens (including phenoxy) is 3. The molecule has 0 radical (unpaired) electrons. The lowest BCUT2D eigenvalue weighted by Crippen LogP contribution is -2.55. The zero-order chi connectivity index (χ0) is 33.6. The van der Waals surface area contributed by atoms with Crippen molar-refractivity contribution in [2.45, 2.75) is 136 Å². The van der Waals surface area contributed by atoms with Crippen LogP contribution in [0.15, 0.2) is 12.4 Å². The van der Waals surface area contributed by atoms with Crippen molar-refractivity contribution in [2.24, 2.45) is 5.92 Å². The predicted molar refractivity (Wildman–Crippen MR) is 189 cm³/mol. The number of rotatable bonds is 14. The molecule has 9 heteroatoms. The van der Waals surface area contributed by atoms with Crippen LogP contribution in [0.4, 0.5) is 5.95 Å². The molecular formula is C37H68N6O3. The summed E-state index contributed by atoms with van der Waals surface area (Å²) in [5.41, 5.74) is -0.250. The molecule has 1 aromatic rings. The summed E-state index contributed by atoms with van der Waals surface area (Å²) in [6.45, 7) is 33.3. The lowest BCUT2D eigenvalue weighted by atomic mass is 9.93. The van der Waals surface area contributed by atoms with Gasteiger partial charge in [-0.1, -0.05) is 0 Å². The van der Waals surface area contributed by atoms with Gasteiger partial charge in [0.1, 0.15) is 5.60 Å². The number of hydrogen-bond donors (Lipinski definition) is 0. The number of aromatic nitrogens is 2. The van der Waals surface area contributed by atoms with Gasteiger partial charge in [-0.15, -0.1) is 0 Å². The first-order chi connectivity index (χ1) is 21.5. The van der Waals surface area contributed by atoms with Gasteiger partial charge in [-0.05, 0) is 114 Å². The molecule has 2 atom stereocenters. The van der Waals surface area contributed by atoms with Gasteiger partial charge in [0.25, 0.3) is 0 Å². The lowest BCUT2D eigenvalue weighted by Gasteiger charge is -2.44. The monoisotopic (exact) mass is 645 g/mol. The van der Waals surface area contributed by atoms with E-state index < -0.39 is 0 Å². The molecule has 4 rings (SSSR count). The van der Waals surface area contributed by atoms with Crippen molar-refractivity contribution in [2.75, 3.05) is 77.0 Å². The second kappa shape index (κ2) is 15.8. The Labute approximate surface area is 281 Å². The summed E-state index contributed by atoms with van der Waals surface area (Å²) < 4.78 is 18.8. The Morgan fingerprint density at radius 1 is 0.717 bits per heavy atom. The maximum Gasteiger partial charge on any atom is 0.225 e. The SMILES string of the molecule is CC(C)(C)Oc1cnc(N2CCN(CCOC(C)(C)CCC(C)(C)OCCC3CCC(N4CCN(C(C)(C)C)CC4)C3)CC2)nc1. The first-order valence-electron chi connectivity index (χ1n) is 18.2. The van der Waals surface area contributed by atoms with E-state index in [9.17, 15) is 0 Å². The molecule has 9 nitrogen and oxygen atoms in total. The fourth-order valence-electron chi connectivity index (χ4n) is 7.15. The summed E-state index contributed by atoms with van der Waals surface area (Å²) in [4.78, 5) is 19.2. The first-order valence-corrected chi connectivity index (χ1v) is 18.2. The van der Waals surface area contributed by atoms with Crippen LogP contribution in [0.2, 0.25) is 0 Å². The zero-order valence-electron chi connectivity index (χ0n) is 31.2. The van der Waals surface area contributed by atoms with Gasteiger partial charge in [-0.3, -0.25) is 14.7 Å². The smallest absolute Gasteiger partial charge is 0.225 e. The standard InChI is InChI=1S/C37H68N6O3/c1-34(2,3)43-22-20-41(21-23-43)31-12-11-30(27-31)13-25-44-36(7,8)14-15-37(9,10)45-26-24-40-16-18-42(19-17-40)33-38-28-32(29-39-33)46-35(4,5)6/h28-31H,11-27H2,1-10H3. The fraction of sp³-hybridized carbons (Fsp3) is 0.892. The third-order valence-corrected chi connectivity index (χ3v) is 10.2. The first kappa shape index (κ1) is 37.3. The Hall–Kier alpha value is -1.52. The largest absolute Gasteiger partial charge is 0.485 e. The van der Waals surface area contributed by atoms with Crippen LogP contribution in [0.5, 0.6) is 5.75 Å². The maximum absolute atomic E-state index is 6.49. The molecule has 1 saturated carbocycles. The molecule has 3 aliphatic rings. The molecule has 0 N–H and O–H groups in total. The van der Waals surface area contributed by atoms with E-state index in [0.717, 1.165) is 76.7 Å². The summed E-state index contributed by atoms with van der Waals surface area (Å²) in [5, 5.41) is 0. The predicted octanol–water partition coefficient (Wildman–Crippen LogP) is 6.12. The van der Waals surface area contributed by atoms with Gasteiger partial charge in [-0.2, -0.15) is 0 Å². The van der Waals surface area contributed by atoms with Crippen molar-refractivity contribution in [3.63, 3.8) is 0 Å². The summed E-state index contributed by atoms with van der Waals surface area (Å²) in [6.07, 6.45) is 10.8. The van der Waals surface area contributed by atoms with Crippen LogP contribution >= 0.6 is 0 Å². The van der Waals surface area contributed by atoms with Crippen molar-refractivity contribution >= 4 is 5.95 Å². The Morgan fingerprint density at radius 3 is 1.87 bits per heavy atom. The lowest BCUT2D eigenvalue weighted by molar-refractivity contribution is -0.0692. The normalized spacial score (nSPS) is 23.3. The third kappa shape index (κ3) is 12.2. The van der Waals surface area contributed by atoms with Gasteiger partial charge in [0, 0.05) is 77.1 Å². The van der Waals surface area contributed by atoms with Gasteiger partial charge < -0.3 is 19.1 Å². The van der Waals surface area contributed by atoms with Crippen LogP contribution in [-0.4, -0.2) is 125 Å². The van der Waals surface area contributed by atoms with E-state index in [1.165, 1.54) is 51.9 Å². The van der Waals surface area contributed by atoms with Crippen LogP contribution in [-0.2, 0) is 9.47 Å². The average Bonchev–Trinajstić information content (AvgIpc) is 3.45. The van der Waals surface area contributed by atoms with Crippen LogP contribution < -0.4 is 9.64 Å². The summed E-state index contributed by atoms with van der Waals surface area (Å²) in [7, 11) is 0. The van der Waals surface area contributed by atoms with Crippen molar-refractivity contribution in [1.82, 2.24) is 24.7 Å². The molecule has 0 amide bonds. The fourth-order valence-corrected chi connectivity index (χ4v) is 7.15. The molecule has 0 bridgehead atoms. The minimum absolute atomic E-state index is 0.128. The molecule has 1 aromatic heterocycles. The van der Waals surface area contributed by atoms with Crippen LogP contribution in [0.1, 0.15) is 108 Å². The van der Waals surface area contributed by atoms with Crippen molar-refractivity contribution in [1.29, 1.82) is 0 Å². The quantitative estimate of drug-likeness (QED) is 0.238. The molecule has 2 saturated heterocycles. The second-order valence-corrected chi connectivity index (χ2v) is 17.3. The second-order valence-electron chi connectivity index (χ2n) is 17.3. The highest BCUT2D eigenvalue weighted by Crippen LogP contribution is 2.33. The highest BCUT2D eigenvalue weighted by Gasteiger charge is 2.34. The van der Waals surface area contributed by atoms with Crippen molar-refractivity contribution in [3.05, 3.63) is 12.4 Å². The number of anilines is 1. The van der Waals surface area contributed by atoms with Gasteiger partial charge in [0.15, 0.2) is 5.75 Å². The number of hydrogen-bond acceptors (Lipinski definition) is 9. The van der Waals surface area contributed by atoms with Gasteiger partial charge in [0.2, 0.25) is 5.95 Å². The Balaban J connectivity index is 1.06. The maximum atomic E-state index is 6.49. The minimum Gasteiger partial charge on any atom is -0.485 e. The zero-order valence-corrected chi connectivity index (χ0v) is 31.2. The summed E-state index contributed by atoms with van der Waals surface area (Å²) in [5.74, 6) is 2.30. The Morgan fingerprint density at radius 2 is 1.30 bits per heavy atom. The van der Waals surface area contributed by atoms with E-state index in [2.05, 4.69) is 78.0 Å². The van der Waals surface area contributed by atoms with E-state index in [1.807, 2.05) is 20.8 Å². The molecule has 3 heterocycles. The van der Waals surface area contributed by atoms with E-state index in [1.54, 1.807) is 12.4 Å². The summed E-state index contributed by atoms with van der Waals surface area (Å²) in [6, 6.07) is 0.780. The minimum atomic E-state index is -0.251. The molecule has 46 heavy (non-hydrogen) atoms. The molecule has 2 aliphatic heterocycles. The van der Waals surface area contributed by atoms with E-state index in [0.29, 0.717) is 11.3 Å². The van der Waals surface area contributed by atoms with E-state index in [4.69, 9.17) is 14.2 Å².